The van der Waals surface area contributed by atoms with E-state index in [4.69, 9.17) is 4.74 Å². The molecule has 0 fully saturated rings. The first-order valence-corrected chi connectivity index (χ1v) is 11.4. The molecule has 0 atom stereocenters. The highest BCUT2D eigenvalue weighted by Gasteiger charge is 2.01. The van der Waals surface area contributed by atoms with Crippen molar-refractivity contribution in [2.45, 2.75) is 124 Å². The van der Waals surface area contributed by atoms with Crippen LogP contribution in [0.4, 0.5) is 0 Å². The molecule has 26 heavy (non-hydrogen) atoms. The van der Waals surface area contributed by atoms with E-state index in [2.05, 4.69) is 20.4 Å². The van der Waals surface area contributed by atoms with Gasteiger partial charge in [-0.15, -0.1) is 0 Å². The van der Waals surface area contributed by atoms with E-state index in [-0.39, 0.29) is 5.97 Å². The van der Waals surface area contributed by atoms with Crippen molar-refractivity contribution in [2.24, 2.45) is 5.92 Å². The third-order valence-electron chi connectivity index (χ3n) is 5.01. The van der Waals surface area contributed by atoms with Gasteiger partial charge >= 0.3 is 5.97 Å². The summed E-state index contributed by atoms with van der Waals surface area (Å²) >= 11 is 0. The lowest BCUT2D eigenvalue weighted by Gasteiger charge is -2.05. The first-order chi connectivity index (χ1) is 12.5. The number of rotatable bonds is 19. The molecular weight excluding hydrogens is 320 g/mol. The van der Waals surface area contributed by atoms with Gasteiger partial charge in [-0.25, -0.2) is 4.79 Å². The zero-order chi connectivity index (χ0) is 19.5. The molecule has 154 valence electrons. The van der Waals surface area contributed by atoms with Gasteiger partial charge in [0.1, 0.15) is 0 Å². The van der Waals surface area contributed by atoms with Crippen molar-refractivity contribution in [3.8, 4) is 0 Å². The summed E-state index contributed by atoms with van der Waals surface area (Å²) in [5.41, 5.74) is 0.492. The standard InChI is InChI=1S/C24H46O2/c1-22(2)20-18-16-14-12-10-8-6-5-7-9-11-13-15-17-19-21-26-24(25)23(3)4/h22H,3,5-21H2,1-2,4H3. The molecule has 0 aliphatic heterocycles. The van der Waals surface area contributed by atoms with Gasteiger partial charge in [0, 0.05) is 5.57 Å². The molecule has 0 rings (SSSR count). The summed E-state index contributed by atoms with van der Waals surface area (Å²) in [6.07, 6.45) is 21.8. The van der Waals surface area contributed by atoms with Gasteiger partial charge in [0.05, 0.1) is 6.61 Å². The highest BCUT2D eigenvalue weighted by atomic mass is 16.5. The quantitative estimate of drug-likeness (QED) is 0.131. The SMILES string of the molecule is C=C(C)C(=O)OCCCCCCCCCCCCCCCCCC(C)C. The third-order valence-corrected chi connectivity index (χ3v) is 5.01. The van der Waals surface area contributed by atoms with Gasteiger partial charge in [0.15, 0.2) is 0 Å². The summed E-state index contributed by atoms with van der Waals surface area (Å²) in [5, 5.41) is 0. The molecule has 2 nitrogen and oxygen atoms in total. The van der Waals surface area contributed by atoms with Crippen LogP contribution < -0.4 is 0 Å². The molecule has 0 bridgehead atoms. The molecule has 0 aliphatic rings. The molecule has 0 aliphatic carbocycles. The fraction of sp³-hybridized carbons (Fsp3) is 0.875. The topological polar surface area (TPSA) is 26.3 Å². The summed E-state index contributed by atoms with van der Waals surface area (Å²) in [6, 6.07) is 0. The Kier molecular flexibility index (Phi) is 18.4. The van der Waals surface area contributed by atoms with Crippen LogP contribution in [0.3, 0.4) is 0 Å². The Morgan fingerprint density at radius 1 is 0.692 bits per heavy atom. The molecule has 0 spiro atoms. The summed E-state index contributed by atoms with van der Waals surface area (Å²) in [7, 11) is 0. The fourth-order valence-corrected chi connectivity index (χ4v) is 3.24. The number of hydrogen-bond donors (Lipinski definition) is 0. The van der Waals surface area contributed by atoms with Crippen LogP contribution in [0.1, 0.15) is 124 Å². The van der Waals surface area contributed by atoms with E-state index in [1.54, 1.807) is 6.92 Å². The highest BCUT2D eigenvalue weighted by molar-refractivity contribution is 5.86. The molecule has 0 unspecified atom stereocenters. The van der Waals surface area contributed by atoms with Crippen LogP contribution >= 0.6 is 0 Å². The molecule has 0 aromatic carbocycles. The molecule has 0 radical (unpaired) electrons. The summed E-state index contributed by atoms with van der Waals surface area (Å²) < 4.78 is 5.09. The Morgan fingerprint density at radius 2 is 1.04 bits per heavy atom. The van der Waals surface area contributed by atoms with Crippen molar-refractivity contribution in [3.05, 3.63) is 12.2 Å². The van der Waals surface area contributed by atoms with E-state index in [1.807, 2.05) is 0 Å². The lowest BCUT2D eigenvalue weighted by Crippen LogP contribution is -2.05. The van der Waals surface area contributed by atoms with Crippen molar-refractivity contribution in [1.82, 2.24) is 0 Å². The Labute approximate surface area is 164 Å². The van der Waals surface area contributed by atoms with Crippen LogP contribution in [0, 0.1) is 5.92 Å². The first kappa shape index (κ1) is 25.2. The normalized spacial score (nSPS) is 11.1. The monoisotopic (exact) mass is 366 g/mol. The summed E-state index contributed by atoms with van der Waals surface area (Å²) in [5.74, 6) is 0.623. The number of ether oxygens (including phenoxy) is 1. The van der Waals surface area contributed by atoms with E-state index in [0.717, 1.165) is 12.3 Å². The Balaban J connectivity index is 3.07. The fourth-order valence-electron chi connectivity index (χ4n) is 3.24. The second kappa shape index (κ2) is 19.0. The van der Waals surface area contributed by atoms with Crippen molar-refractivity contribution >= 4 is 5.97 Å². The lowest BCUT2D eigenvalue weighted by atomic mass is 10.0. The molecule has 0 saturated carbocycles. The van der Waals surface area contributed by atoms with Crippen molar-refractivity contribution in [3.63, 3.8) is 0 Å². The average molecular weight is 367 g/mol. The van der Waals surface area contributed by atoms with Crippen LogP contribution in [0.15, 0.2) is 12.2 Å². The van der Waals surface area contributed by atoms with Gasteiger partial charge in [-0.1, -0.05) is 117 Å². The van der Waals surface area contributed by atoms with Crippen molar-refractivity contribution < 1.29 is 9.53 Å². The van der Waals surface area contributed by atoms with Crippen LogP contribution in [-0.2, 0) is 9.53 Å². The van der Waals surface area contributed by atoms with E-state index >= 15 is 0 Å². The Hall–Kier alpha value is -0.790. The zero-order valence-corrected chi connectivity index (χ0v) is 18.1. The largest absolute Gasteiger partial charge is 0.462 e. The highest BCUT2D eigenvalue weighted by Crippen LogP contribution is 2.14. The maximum Gasteiger partial charge on any atom is 0.333 e. The Morgan fingerprint density at radius 3 is 1.38 bits per heavy atom. The van der Waals surface area contributed by atoms with Gasteiger partial charge in [-0.3, -0.25) is 0 Å². The van der Waals surface area contributed by atoms with Crippen LogP contribution in [0.25, 0.3) is 0 Å². The number of carbonyl (C=O) groups excluding carboxylic acids is 1. The molecule has 0 amide bonds. The van der Waals surface area contributed by atoms with E-state index < -0.39 is 0 Å². The molecule has 0 aromatic rings. The van der Waals surface area contributed by atoms with Gasteiger partial charge < -0.3 is 4.74 Å². The van der Waals surface area contributed by atoms with Crippen molar-refractivity contribution in [1.29, 1.82) is 0 Å². The zero-order valence-electron chi connectivity index (χ0n) is 18.1. The Bertz CT molecular complexity index is 333. The molecule has 0 heterocycles. The predicted molar refractivity (Wildman–Crippen MR) is 114 cm³/mol. The molecule has 0 saturated heterocycles. The molecular formula is C24H46O2. The molecule has 0 N–H and O–H groups in total. The van der Waals surface area contributed by atoms with Gasteiger partial charge in [0.2, 0.25) is 0 Å². The summed E-state index contributed by atoms with van der Waals surface area (Å²) in [6.45, 7) is 10.5. The minimum Gasteiger partial charge on any atom is -0.462 e. The van der Waals surface area contributed by atoms with Crippen LogP contribution in [0.5, 0.6) is 0 Å². The predicted octanol–water partition coefficient (Wildman–Crippen LogP) is 8.00. The number of unbranched alkanes of at least 4 members (excludes halogenated alkanes) is 14. The van der Waals surface area contributed by atoms with E-state index in [9.17, 15) is 4.79 Å². The van der Waals surface area contributed by atoms with E-state index in [1.165, 1.54) is 96.3 Å². The van der Waals surface area contributed by atoms with Crippen LogP contribution in [-0.4, -0.2) is 12.6 Å². The van der Waals surface area contributed by atoms with Crippen molar-refractivity contribution in [2.75, 3.05) is 6.61 Å². The smallest absolute Gasteiger partial charge is 0.333 e. The second-order valence-electron chi connectivity index (χ2n) is 8.40. The first-order valence-electron chi connectivity index (χ1n) is 11.4. The average Bonchev–Trinajstić information content (AvgIpc) is 2.60. The maximum atomic E-state index is 11.2. The minimum absolute atomic E-state index is 0.254. The minimum atomic E-state index is -0.254. The molecule has 2 heteroatoms. The summed E-state index contributed by atoms with van der Waals surface area (Å²) in [4.78, 5) is 11.2. The second-order valence-corrected chi connectivity index (χ2v) is 8.40. The number of hydrogen-bond acceptors (Lipinski definition) is 2. The van der Waals surface area contributed by atoms with Gasteiger partial charge in [-0.2, -0.15) is 0 Å². The molecule has 0 aromatic heterocycles. The van der Waals surface area contributed by atoms with E-state index in [0.29, 0.717) is 12.2 Å². The third kappa shape index (κ3) is 19.5. The number of esters is 1. The van der Waals surface area contributed by atoms with Crippen LogP contribution in [0.2, 0.25) is 0 Å². The maximum absolute atomic E-state index is 11.2. The van der Waals surface area contributed by atoms with Gasteiger partial charge in [0.25, 0.3) is 0 Å². The van der Waals surface area contributed by atoms with Gasteiger partial charge in [-0.05, 0) is 19.3 Å². The lowest BCUT2D eigenvalue weighted by molar-refractivity contribution is -0.139. The number of carbonyl (C=O) groups is 1.